The van der Waals surface area contributed by atoms with Crippen LogP contribution in [0.5, 0.6) is 11.6 Å². The Morgan fingerprint density at radius 2 is 1.90 bits per heavy atom. The Labute approximate surface area is 250 Å². The first-order chi connectivity index (χ1) is 20.0. The van der Waals surface area contributed by atoms with Crippen molar-refractivity contribution in [2.24, 2.45) is 5.92 Å². The zero-order chi connectivity index (χ0) is 30.4. The van der Waals surface area contributed by atoms with Crippen LogP contribution in [0.15, 0.2) is 48.7 Å². The summed E-state index contributed by atoms with van der Waals surface area (Å²) in [6.07, 6.45) is 8.13. The van der Waals surface area contributed by atoms with Crippen LogP contribution in [0.25, 0.3) is 11.1 Å². The van der Waals surface area contributed by atoms with Crippen LogP contribution in [0.3, 0.4) is 0 Å². The number of fused-ring (bicyclic) bond motifs is 1. The average Bonchev–Trinajstić information content (AvgIpc) is 3.86. The monoisotopic (exact) mass is 569 g/mol. The highest BCUT2D eigenvalue weighted by molar-refractivity contribution is 5.74. The number of pyridine rings is 1. The lowest BCUT2D eigenvalue weighted by Crippen LogP contribution is -2.37. The van der Waals surface area contributed by atoms with Gasteiger partial charge in [-0.15, -0.1) is 0 Å². The number of nitrogens with zero attached hydrogens (tertiary/aromatic N) is 3. The first-order valence-electron chi connectivity index (χ1n) is 14.8. The van der Waals surface area contributed by atoms with Crippen molar-refractivity contribution in [3.05, 3.63) is 76.5 Å². The maximum atomic E-state index is 11.3. The van der Waals surface area contributed by atoms with Crippen molar-refractivity contribution < 1.29 is 19.4 Å². The predicted octanol–water partition coefficient (Wildman–Crippen LogP) is 7.36. The van der Waals surface area contributed by atoms with E-state index in [0.717, 1.165) is 52.0 Å². The van der Waals surface area contributed by atoms with Crippen LogP contribution in [0, 0.1) is 17.2 Å². The average molecular weight is 570 g/mol. The standard InChI is InChI=1S/C32H37N3O4.C3H6/c1-20(31(36)37)13-21-7-8-22-10-12-28(39-29(22)14-21)23-9-11-26(24(15-23)19-35(5)32(2,3)4)27-16-30(38-6)34-18-25(27)17-33;1-2-3-1/h7-9,11,14-16,18,20,28H,10,12-13,19H2,1-6H3,(H,36,37);1-3H2. The van der Waals surface area contributed by atoms with Gasteiger partial charge in [-0.05, 0) is 81.0 Å². The molecule has 5 rings (SSSR count). The number of hydrogen-bond acceptors (Lipinski definition) is 6. The fraction of sp³-hybridized carbons (Fsp3) is 0.457. The van der Waals surface area contributed by atoms with E-state index >= 15 is 0 Å². The third-order valence-electron chi connectivity index (χ3n) is 7.95. The van der Waals surface area contributed by atoms with Gasteiger partial charge in [0.2, 0.25) is 5.88 Å². The molecule has 1 fully saturated rings. The van der Waals surface area contributed by atoms with Crippen molar-refractivity contribution in [3.63, 3.8) is 0 Å². The SMILES string of the molecule is C1CC1.COc1cc(-c2ccc(C3CCc4ccc(CC(C)C(=O)O)cc4O3)cc2CN(C)C(C)(C)C)c(C#N)cn1. The molecule has 1 aliphatic carbocycles. The number of methoxy groups -OCH3 is 1. The number of carboxylic acids is 1. The van der Waals surface area contributed by atoms with Crippen LogP contribution in [0.4, 0.5) is 0 Å². The number of ether oxygens (including phenoxy) is 2. The van der Waals surface area contributed by atoms with Crippen molar-refractivity contribution >= 4 is 5.97 Å². The van der Waals surface area contributed by atoms with Crippen molar-refractivity contribution in [2.75, 3.05) is 14.2 Å². The number of carbonyl (C=O) groups is 1. The molecule has 2 unspecified atom stereocenters. The molecule has 0 amide bonds. The highest BCUT2D eigenvalue weighted by atomic mass is 16.5. The summed E-state index contributed by atoms with van der Waals surface area (Å²) >= 11 is 0. The smallest absolute Gasteiger partial charge is 0.306 e. The van der Waals surface area contributed by atoms with Gasteiger partial charge in [-0.2, -0.15) is 5.26 Å². The number of benzene rings is 2. The lowest BCUT2D eigenvalue weighted by atomic mass is 9.90. The van der Waals surface area contributed by atoms with Gasteiger partial charge in [0.25, 0.3) is 0 Å². The molecule has 2 aromatic carbocycles. The molecule has 7 heteroatoms. The Bertz CT molecular complexity index is 1450. The number of aryl methyl sites for hydroxylation is 1. The van der Waals surface area contributed by atoms with E-state index in [0.29, 0.717) is 24.4 Å². The zero-order valence-corrected chi connectivity index (χ0v) is 25.7. The molecule has 222 valence electrons. The number of rotatable bonds is 8. The van der Waals surface area contributed by atoms with Gasteiger partial charge in [0.05, 0.1) is 18.6 Å². The summed E-state index contributed by atoms with van der Waals surface area (Å²) in [5, 5.41) is 19.1. The van der Waals surface area contributed by atoms with Crippen molar-refractivity contribution in [1.29, 1.82) is 5.26 Å². The number of aromatic nitrogens is 1. The van der Waals surface area contributed by atoms with E-state index in [1.807, 2.05) is 18.2 Å². The van der Waals surface area contributed by atoms with Gasteiger partial charge in [-0.1, -0.05) is 56.5 Å². The second-order valence-corrected chi connectivity index (χ2v) is 12.4. The molecular weight excluding hydrogens is 526 g/mol. The Hall–Kier alpha value is -3.89. The fourth-order valence-electron chi connectivity index (χ4n) is 4.78. The van der Waals surface area contributed by atoms with Crippen LogP contribution in [0.2, 0.25) is 0 Å². The fourth-order valence-corrected chi connectivity index (χ4v) is 4.78. The van der Waals surface area contributed by atoms with Crippen LogP contribution < -0.4 is 9.47 Å². The summed E-state index contributed by atoms with van der Waals surface area (Å²) in [7, 11) is 3.67. The van der Waals surface area contributed by atoms with Gasteiger partial charge in [0, 0.05) is 29.9 Å². The number of nitriles is 1. The molecule has 2 atom stereocenters. The lowest BCUT2D eigenvalue weighted by molar-refractivity contribution is -0.141. The highest BCUT2D eigenvalue weighted by Gasteiger charge is 2.25. The number of hydrogen-bond donors (Lipinski definition) is 1. The van der Waals surface area contributed by atoms with Crippen LogP contribution >= 0.6 is 0 Å². The Morgan fingerprint density at radius 3 is 2.52 bits per heavy atom. The minimum atomic E-state index is -0.800. The lowest BCUT2D eigenvalue weighted by Gasteiger charge is -2.33. The summed E-state index contributed by atoms with van der Waals surface area (Å²) in [4.78, 5) is 17.9. The van der Waals surface area contributed by atoms with Crippen LogP contribution in [0.1, 0.15) is 87.3 Å². The number of carboxylic acid groups (broad SMARTS) is 1. The van der Waals surface area contributed by atoms with E-state index in [1.54, 1.807) is 20.2 Å². The zero-order valence-electron chi connectivity index (χ0n) is 25.7. The van der Waals surface area contributed by atoms with Gasteiger partial charge in [0.1, 0.15) is 17.9 Å². The van der Waals surface area contributed by atoms with Crippen molar-refractivity contribution in [3.8, 4) is 28.8 Å². The Morgan fingerprint density at radius 1 is 1.17 bits per heavy atom. The third-order valence-corrected chi connectivity index (χ3v) is 7.95. The van der Waals surface area contributed by atoms with E-state index < -0.39 is 11.9 Å². The molecule has 42 heavy (non-hydrogen) atoms. The minimum Gasteiger partial charge on any atom is -0.485 e. The molecule has 0 spiro atoms. The molecule has 2 aliphatic rings. The maximum absolute atomic E-state index is 11.3. The van der Waals surface area contributed by atoms with Gasteiger partial charge >= 0.3 is 5.97 Å². The van der Waals surface area contributed by atoms with Crippen LogP contribution in [-0.2, 0) is 24.2 Å². The summed E-state index contributed by atoms with van der Waals surface area (Å²) in [5.74, 6) is 0.0287. The first kappa shape index (κ1) is 31.1. The van der Waals surface area contributed by atoms with Gasteiger partial charge < -0.3 is 14.6 Å². The third kappa shape index (κ3) is 7.89. The molecule has 7 nitrogen and oxygen atoms in total. The summed E-state index contributed by atoms with van der Waals surface area (Å²) in [6, 6.07) is 16.5. The van der Waals surface area contributed by atoms with E-state index in [9.17, 15) is 15.2 Å². The van der Waals surface area contributed by atoms with Gasteiger partial charge in [0.15, 0.2) is 0 Å². The minimum absolute atomic E-state index is 0.0506. The molecule has 0 saturated heterocycles. The van der Waals surface area contributed by atoms with Crippen molar-refractivity contribution in [1.82, 2.24) is 9.88 Å². The maximum Gasteiger partial charge on any atom is 0.306 e. The highest BCUT2D eigenvalue weighted by Crippen LogP contribution is 2.38. The quantitative estimate of drug-likeness (QED) is 0.303. The van der Waals surface area contributed by atoms with Gasteiger partial charge in [-0.25, -0.2) is 4.98 Å². The van der Waals surface area contributed by atoms with Crippen molar-refractivity contribution in [2.45, 2.75) is 84.4 Å². The summed E-state index contributed by atoms with van der Waals surface area (Å²) in [6.45, 7) is 8.94. The molecule has 2 heterocycles. The second-order valence-electron chi connectivity index (χ2n) is 12.4. The summed E-state index contributed by atoms with van der Waals surface area (Å²) < 4.78 is 11.9. The summed E-state index contributed by atoms with van der Waals surface area (Å²) in [5.41, 5.74) is 6.47. The Kier molecular flexibility index (Phi) is 9.90. The molecule has 1 aliphatic heterocycles. The van der Waals surface area contributed by atoms with Gasteiger partial charge in [-0.3, -0.25) is 9.69 Å². The molecular formula is C35H43N3O4. The molecule has 3 aromatic rings. The van der Waals surface area contributed by atoms with E-state index in [-0.39, 0.29) is 11.6 Å². The first-order valence-corrected chi connectivity index (χ1v) is 14.8. The number of aliphatic carboxylic acids is 1. The second kappa shape index (κ2) is 13.4. The van der Waals surface area contributed by atoms with E-state index in [2.05, 4.69) is 68.0 Å². The molecule has 0 bridgehead atoms. The molecule has 1 saturated carbocycles. The van der Waals surface area contributed by atoms with Crippen LogP contribution in [-0.4, -0.2) is 40.7 Å². The van der Waals surface area contributed by atoms with E-state index in [1.165, 1.54) is 19.3 Å². The molecule has 1 N–H and O–H groups in total. The van der Waals surface area contributed by atoms with E-state index in [4.69, 9.17) is 9.47 Å². The molecule has 1 aromatic heterocycles. The normalized spacial score (nSPS) is 16.3. The largest absolute Gasteiger partial charge is 0.485 e. The predicted molar refractivity (Wildman–Crippen MR) is 165 cm³/mol. The molecule has 0 radical (unpaired) electrons. The topological polar surface area (TPSA) is 95.7 Å². The Balaban J connectivity index is 0.00000127.